The minimum absolute atomic E-state index is 0.101. The van der Waals surface area contributed by atoms with Gasteiger partial charge in [0.25, 0.3) is 5.56 Å². The number of nitrogens with zero attached hydrogens (tertiary/aromatic N) is 2. The lowest BCUT2D eigenvalue weighted by Crippen LogP contribution is -2.13. The maximum atomic E-state index is 13.5. The number of carboxylic acids is 1. The third-order valence-electron chi connectivity index (χ3n) is 5.76. The lowest BCUT2D eigenvalue weighted by atomic mass is 10.0. The molecule has 5 rings (SSSR count). The molecule has 0 bridgehead atoms. The van der Waals surface area contributed by atoms with Crippen LogP contribution in [0.25, 0.3) is 38.2 Å². The van der Waals surface area contributed by atoms with Crippen LogP contribution in [0.2, 0.25) is 0 Å². The molecular formula is C24H21N3O5. The van der Waals surface area contributed by atoms with Crippen LogP contribution in [0, 0.1) is 0 Å². The normalized spacial score (nSPS) is 11.6. The summed E-state index contributed by atoms with van der Waals surface area (Å²) in [6.45, 7) is 0.525. The number of anilines is 1. The molecule has 8 heteroatoms. The number of imidazole rings is 1. The topological polar surface area (TPSA) is 102 Å². The Morgan fingerprint density at radius 1 is 1.06 bits per heavy atom. The number of rotatable bonds is 7. The number of nitrogens with one attached hydrogen (secondary N) is 1. The summed E-state index contributed by atoms with van der Waals surface area (Å²) in [5.41, 5.74) is 2.57. The number of carbonyl (C=O) groups is 1. The number of hydrogen-bond donors (Lipinski definition) is 2. The summed E-state index contributed by atoms with van der Waals surface area (Å²) in [6.07, 6.45) is 0.611. The largest absolute Gasteiger partial charge is 0.493 e. The van der Waals surface area contributed by atoms with Gasteiger partial charge < -0.3 is 19.9 Å². The van der Waals surface area contributed by atoms with Crippen LogP contribution in [0.5, 0.6) is 11.5 Å². The number of carboxylic acid groups (broad SMARTS) is 1. The van der Waals surface area contributed by atoms with Crippen LogP contribution in [0.3, 0.4) is 0 Å². The van der Waals surface area contributed by atoms with Crippen molar-refractivity contribution in [1.82, 2.24) is 9.38 Å². The van der Waals surface area contributed by atoms with Gasteiger partial charge in [-0.15, -0.1) is 0 Å². The van der Waals surface area contributed by atoms with Crippen molar-refractivity contribution < 1.29 is 19.4 Å². The standard InChI is InChI=1S/C24H21N3O5/c1-31-19-11-17-18(12-20(19)32-2)27-23(26-17)14-8-9-16(25-10-4-7-21(28)29)13-5-3-6-15(22(13)14)24(27)30/h3,5-6,8-9,11-12,25H,4,7,10H2,1-2H3,(H,28,29). The molecule has 2 N–H and O–H groups in total. The van der Waals surface area contributed by atoms with Crippen LogP contribution < -0.4 is 20.3 Å². The number of methoxy groups -OCH3 is 2. The SMILES string of the molecule is COc1cc2nc3c4ccc(NCCCC(=O)O)c5cccc(c(=O)n3c2cc1OC)c54. The fraction of sp³-hybridized carbons (Fsp3) is 0.208. The van der Waals surface area contributed by atoms with Gasteiger partial charge in [-0.3, -0.25) is 14.0 Å². The van der Waals surface area contributed by atoms with Gasteiger partial charge in [0.05, 0.1) is 25.3 Å². The minimum atomic E-state index is -0.818. The number of fused-ring (bicyclic) bond motifs is 4. The molecule has 0 fully saturated rings. The Labute approximate surface area is 182 Å². The van der Waals surface area contributed by atoms with Crippen molar-refractivity contribution in [3.05, 3.63) is 52.8 Å². The summed E-state index contributed by atoms with van der Waals surface area (Å²) in [6, 6.07) is 13.1. The molecule has 0 aliphatic heterocycles. The van der Waals surface area contributed by atoms with Crippen molar-refractivity contribution in [3.8, 4) is 11.5 Å². The molecule has 0 atom stereocenters. The molecule has 8 nitrogen and oxygen atoms in total. The fourth-order valence-electron chi connectivity index (χ4n) is 4.30. The van der Waals surface area contributed by atoms with Crippen LogP contribution in [0.15, 0.2) is 47.3 Å². The quantitative estimate of drug-likeness (QED) is 0.377. The Morgan fingerprint density at radius 3 is 2.56 bits per heavy atom. The molecule has 0 unspecified atom stereocenters. The zero-order valence-corrected chi connectivity index (χ0v) is 17.6. The molecule has 3 aromatic carbocycles. The second-order valence-electron chi connectivity index (χ2n) is 7.58. The van der Waals surface area contributed by atoms with Crippen molar-refractivity contribution in [1.29, 1.82) is 0 Å². The van der Waals surface area contributed by atoms with E-state index in [0.29, 0.717) is 46.5 Å². The summed E-state index contributed by atoms with van der Waals surface area (Å²) < 4.78 is 12.4. The second-order valence-corrected chi connectivity index (χ2v) is 7.58. The number of aromatic nitrogens is 2. The Hall–Kier alpha value is -4.07. The van der Waals surface area contributed by atoms with E-state index in [4.69, 9.17) is 19.6 Å². The third-order valence-corrected chi connectivity index (χ3v) is 5.76. The summed E-state index contributed by atoms with van der Waals surface area (Å²) in [5, 5.41) is 15.3. The van der Waals surface area contributed by atoms with Crippen LogP contribution in [-0.4, -0.2) is 41.2 Å². The summed E-state index contributed by atoms with van der Waals surface area (Å²) in [5.74, 6) is 0.258. The van der Waals surface area contributed by atoms with E-state index in [1.807, 2.05) is 30.3 Å². The second kappa shape index (κ2) is 7.56. The maximum absolute atomic E-state index is 13.5. The first-order valence-electron chi connectivity index (χ1n) is 10.2. The van der Waals surface area contributed by atoms with Crippen molar-refractivity contribution in [3.63, 3.8) is 0 Å². The number of pyridine rings is 1. The molecule has 0 amide bonds. The highest BCUT2D eigenvalue weighted by Gasteiger charge is 2.19. The van der Waals surface area contributed by atoms with E-state index in [1.165, 1.54) is 0 Å². The van der Waals surface area contributed by atoms with Gasteiger partial charge in [0, 0.05) is 52.3 Å². The Bertz CT molecular complexity index is 1560. The van der Waals surface area contributed by atoms with Gasteiger partial charge in [0.1, 0.15) is 5.65 Å². The lowest BCUT2D eigenvalue weighted by molar-refractivity contribution is -0.137. The van der Waals surface area contributed by atoms with E-state index in [2.05, 4.69) is 5.32 Å². The average Bonchev–Trinajstić information content (AvgIpc) is 3.18. The molecule has 2 heterocycles. The van der Waals surface area contributed by atoms with Gasteiger partial charge in [-0.1, -0.05) is 12.1 Å². The summed E-state index contributed by atoms with van der Waals surface area (Å²) in [4.78, 5) is 29.1. The Kier molecular flexibility index (Phi) is 4.70. The summed E-state index contributed by atoms with van der Waals surface area (Å²) >= 11 is 0. The zero-order valence-electron chi connectivity index (χ0n) is 17.6. The van der Waals surface area contributed by atoms with E-state index in [-0.39, 0.29) is 12.0 Å². The molecule has 5 aromatic rings. The molecule has 32 heavy (non-hydrogen) atoms. The van der Waals surface area contributed by atoms with Gasteiger partial charge in [-0.2, -0.15) is 0 Å². The van der Waals surface area contributed by atoms with Crippen molar-refractivity contribution in [2.75, 3.05) is 26.1 Å². The van der Waals surface area contributed by atoms with E-state index in [0.717, 1.165) is 21.8 Å². The van der Waals surface area contributed by atoms with Crippen molar-refractivity contribution in [2.24, 2.45) is 0 Å². The molecule has 0 saturated heterocycles. The monoisotopic (exact) mass is 431 g/mol. The van der Waals surface area contributed by atoms with Gasteiger partial charge in [0.15, 0.2) is 11.5 Å². The minimum Gasteiger partial charge on any atom is -0.493 e. The van der Waals surface area contributed by atoms with E-state index in [9.17, 15) is 9.59 Å². The highest BCUT2D eigenvalue weighted by molar-refractivity contribution is 6.18. The molecule has 2 aromatic heterocycles. The van der Waals surface area contributed by atoms with E-state index in [1.54, 1.807) is 30.8 Å². The van der Waals surface area contributed by atoms with E-state index < -0.39 is 5.97 Å². The maximum Gasteiger partial charge on any atom is 0.303 e. The predicted molar refractivity (Wildman–Crippen MR) is 124 cm³/mol. The van der Waals surface area contributed by atoms with Crippen LogP contribution >= 0.6 is 0 Å². The van der Waals surface area contributed by atoms with Crippen LogP contribution in [-0.2, 0) is 4.79 Å². The highest BCUT2D eigenvalue weighted by atomic mass is 16.5. The Balaban J connectivity index is 1.76. The molecule has 162 valence electrons. The number of hydrogen-bond acceptors (Lipinski definition) is 6. The molecule has 0 aliphatic carbocycles. The van der Waals surface area contributed by atoms with Gasteiger partial charge in [-0.05, 0) is 24.6 Å². The fourth-order valence-corrected chi connectivity index (χ4v) is 4.30. The smallest absolute Gasteiger partial charge is 0.303 e. The van der Waals surface area contributed by atoms with Crippen molar-refractivity contribution in [2.45, 2.75) is 12.8 Å². The van der Waals surface area contributed by atoms with Gasteiger partial charge in [-0.25, -0.2) is 4.98 Å². The number of ether oxygens (including phenoxy) is 2. The lowest BCUT2D eigenvalue weighted by Gasteiger charge is -2.13. The van der Waals surface area contributed by atoms with Gasteiger partial charge >= 0.3 is 5.97 Å². The highest BCUT2D eigenvalue weighted by Crippen LogP contribution is 2.36. The van der Waals surface area contributed by atoms with Crippen LogP contribution in [0.4, 0.5) is 5.69 Å². The van der Waals surface area contributed by atoms with Crippen LogP contribution in [0.1, 0.15) is 12.8 Å². The molecule has 0 aliphatic rings. The number of aliphatic carboxylic acids is 1. The third kappa shape index (κ3) is 2.95. The van der Waals surface area contributed by atoms with Crippen molar-refractivity contribution >= 4 is 49.9 Å². The van der Waals surface area contributed by atoms with E-state index >= 15 is 0 Å². The first-order valence-corrected chi connectivity index (χ1v) is 10.2. The molecule has 0 spiro atoms. The molecule has 0 radical (unpaired) electrons. The molecular weight excluding hydrogens is 410 g/mol. The number of benzene rings is 3. The predicted octanol–water partition coefficient (Wildman–Crippen LogP) is 3.89. The summed E-state index contributed by atoms with van der Waals surface area (Å²) in [7, 11) is 3.12. The average molecular weight is 431 g/mol. The zero-order chi connectivity index (χ0) is 22.4. The molecule has 0 saturated carbocycles. The van der Waals surface area contributed by atoms with Gasteiger partial charge in [0.2, 0.25) is 0 Å². The first kappa shape index (κ1) is 19.9. The first-order chi connectivity index (χ1) is 15.5. The Morgan fingerprint density at radius 2 is 1.81 bits per heavy atom.